The molecular weight excluding hydrogens is 311 g/mol. The lowest BCUT2D eigenvalue weighted by Gasteiger charge is -2.10. The summed E-state index contributed by atoms with van der Waals surface area (Å²) in [7, 11) is 1.56. The molecule has 0 aliphatic rings. The summed E-state index contributed by atoms with van der Waals surface area (Å²) in [5.74, 6) is 0.181. The first-order valence-corrected chi connectivity index (χ1v) is 6.23. The number of methoxy groups -OCH3 is 1. The van der Waals surface area contributed by atoms with Crippen LogP contribution >= 0.6 is 15.9 Å². The minimum Gasteiger partial charge on any atom is -0.495 e. The SMILES string of the molecule is COc1cc(Nc2ccc(C#N)cc2F)ccc1Br. The van der Waals surface area contributed by atoms with Gasteiger partial charge in [-0.25, -0.2) is 4.39 Å². The average molecular weight is 321 g/mol. The van der Waals surface area contributed by atoms with Gasteiger partial charge in [0.25, 0.3) is 0 Å². The van der Waals surface area contributed by atoms with Gasteiger partial charge in [-0.15, -0.1) is 0 Å². The van der Waals surface area contributed by atoms with Crippen LogP contribution in [0.1, 0.15) is 5.56 Å². The Labute approximate surface area is 118 Å². The van der Waals surface area contributed by atoms with Gasteiger partial charge in [-0.3, -0.25) is 0 Å². The Morgan fingerprint density at radius 3 is 2.68 bits per heavy atom. The summed E-state index contributed by atoms with van der Waals surface area (Å²) in [4.78, 5) is 0. The third kappa shape index (κ3) is 3.04. The van der Waals surface area contributed by atoms with Crippen molar-refractivity contribution in [1.29, 1.82) is 5.26 Å². The second-order valence-electron chi connectivity index (χ2n) is 3.78. The number of nitriles is 1. The Morgan fingerprint density at radius 1 is 1.26 bits per heavy atom. The van der Waals surface area contributed by atoms with Crippen molar-refractivity contribution in [2.24, 2.45) is 0 Å². The molecule has 0 fully saturated rings. The van der Waals surface area contributed by atoms with Crippen LogP contribution in [0.15, 0.2) is 40.9 Å². The number of nitrogens with one attached hydrogen (secondary N) is 1. The monoisotopic (exact) mass is 320 g/mol. The highest BCUT2D eigenvalue weighted by atomic mass is 79.9. The van der Waals surface area contributed by atoms with Gasteiger partial charge in [-0.05, 0) is 46.3 Å². The first-order chi connectivity index (χ1) is 9.13. The summed E-state index contributed by atoms with van der Waals surface area (Å²) in [5.41, 5.74) is 1.29. The molecular formula is C14H10BrFN2O. The van der Waals surface area contributed by atoms with Crippen molar-refractivity contribution in [1.82, 2.24) is 0 Å². The van der Waals surface area contributed by atoms with Crippen LogP contribution in [-0.2, 0) is 0 Å². The Balaban J connectivity index is 2.29. The summed E-state index contributed by atoms with van der Waals surface area (Å²) >= 11 is 3.35. The van der Waals surface area contributed by atoms with E-state index in [1.807, 2.05) is 12.1 Å². The lowest BCUT2D eigenvalue weighted by Crippen LogP contribution is -1.95. The fourth-order valence-electron chi connectivity index (χ4n) is 1.58. The normalized spacial score (nSPS) is 9.79. The zero-order chi connectivity index (χ0) is 13.8. The number of rotatable bonds is 3. The van der Waals surface area contributed by atoms with Gasteiger partial charge in [-0.1, -0.05) is 0 Å². The van der Waals surface area contributed by atoms with Gasteiger partial charge in [0, 0.05) is 11.8 Å². The van der Waals surface area contributed by atoms with Crippen molar-refractivity contribution >= 4 is 27.3 Å². The molecule has 0 saturated heterocycles. The van der Waals surface area contributed by atoms with Crippen LogP contribution in [-0.4, -0.2) is 7.11 Å². The highest BCUT2D eigenvalue weighted by molar-refractivity contribution is 9.10. The molecule has 0 atom stereocenters. The third-order valence-corrected chi connectivity index (χ3v) is 3.18. The first-order valence-electron chi connectivity index (χ1n) is 5.44. The van der Waals surface area contributed by atoms with Crippen LogP contribution in [0.3, 0.4) is 0 Å². The average Bonchev–Trinajstić information content (AvgIpc) is 2.43. The van der Waals surface area contributed by atoms with E-state index < -0.39 is 5.82 Å². The maximum absolute atomic E-state index is 13.7. The number of ether oxygens (including phenoxy) is 1. The lowest BCUT2D eigenvalue weighted by molar-refractivity contribution is 0.412. The summed E-state index contributed by atoms with van der Waals surface area (Å²) in [5, 5.41) is 11.6. The topological polar surface area (TPSA) is 45.0 Å². The molecule has 0 amide bonds. The van der Waals surface area contributed by atoms with E-state index in [1.54, 1.807) is 25.3 Å². The van der Waals surface area contributed by atoms with Crippen molar-refractivity contribution in [3.63, 3.8) is 0 Å². The van der Waals surface area contributed by atoms with Crippen LogP contribution in [0.5, 0.6) is 5.75 Å². The van der Waals surface area contributed by atoms with E-state index in [4.69, 9.17) is 10.00 Å². The highest BCUT2D eigenvalue weighted by Crippen LogP contribution is 2.30. The Morgan fingerprint density at radius 2 is 2.05 bits per heavy atom. The maximum Gasteiger partial charge on any atom is 0.147 e. The van der Waals surface area contributed by atoms with E-state index in [0.29, 0.717) is 17.1 Å². The summed E-state index contributed by atoms with van der Waals surface area (Å²) in [6, 6.07) is 11.5. The predicted octanol–water partition coefficient (Wildman–Crippen LogP) is 4.21. The fourth-order valence-corrected chi connectivity index (χ4v) is 1.99. The number of benzene rings is 2. The molecule has 2 rings (SSSR count). The number of hydrogen-bond donors (Lipinski definition) is 1. The molecule has 19 heavy (non-hydrogen) atoms. The molecule has 96 valence electrons. The van der Waals surface area contributed by atoms with Crippen LogP contribution < -0.4 is 10.1 Å². The van der Waals surface area contributed by atoms with Crippen LogP contribution in [0, 0.1) is 17.1 Å². The molecule has 5 heteroatoms. The molecule has 0 saturated carbocycles. The van der Waals surface area contributed by atoms with Crippen molar-refractivity contribution in [2.45, 2.75) is 0 Å². The molecule has 0 bridgehead atoms. The van der Waals surface area contributed by atoms with Gasteiger partial charge in [-0.2, -0.15) is 5.26 Å². The minimum absolute atomic E-state index is 0.288. The van der Waals surface area contributed by atoms with Gasteiger partial charge in [0.05, 0.1) is 28.9 Å². The number of halogens is 2. The van der Waals surface area contributed by atoms with E-state index in [1.165, 1.54) is 12.1 Å². The molecule has 0 heterocycles. The molecule has 0 aliphatic carbocycles. The Hall–Kier alpha value is -2.06. The molecule has 0 aromatic heterocycles. The van der Waals surface area contributed by atoms with Crippen molar-refractivity contribution in [3.05, 3.63) is 52.3 Å². The molecule has 0 unspecified atom stereocenters. The smallest absolute Gasteiger partial charge is 0.147 e. The van der Waals surface area contributed by atoms with E-state index in [2.05, 4.69) is 21.2 Å². The van der Waals surface area contributed by atoms with Crippen LogP contribution in [0.4, 0.5) is 15.8 Å². The van der Waals surface area contributed by atoms with E-state index in [0.717, 1.165) is 4.47 Å². The summed E-state index contributed by atoms with van der Waals surface area (Å²) in [6.45, 7) is 0. The minimum atomic E-state index is -0.471. The molecule has 2 aromatic rings. The zero-order valence-electron chi connectivity index (χ0n) is 10.1. The van der Waals surface area contributed by atoms with Gasteiger partial charge in [0.1, 0.15) is 11.6 Å². The number of anilines is 2. The van der Waals surface area contributed by atoms with E-state index in [-0.39, 0.29) is 5.56 Å². The Bertz CT molecular complexity index is 652. The zero-order valence-corrected chi connectivity index (χ0v) is 11.7. The van der Waals surface area contributed by atoms with E-state index >= 15 is 0 Å². The van der Waals surface area contributed by atoms with Gasteiger partial charge in [0.2, 0.25) is 0 Å². The standard InChI is InChI=1S/C14H10BrFN2O/c1-19-14-7-10(3-4-11(14)15)18-13-5-2-9(8-17)6-12(13)16/h2-7,18H,1H3. The van der Waals surface area contributed by atoms with E-state index in [9.17, 15) is 4.39 Å². The number of hydrogen-bond acceptors (Lipinski definition) is 3. The molecule has 0 spiro atoms. The van der Waals surface area contributed by atoms with Gasteiger partial charge >= 0.3 is 0 Å². The quantitative estimate of drug-likeness (QED) is 0.921. The third-order valence-electron chi connectivity index (χ3n) is 2.53. The fraction of sp³-hybridized carbons (Fsp3) is 0.0714. The Kier molecular flexibility index (Phi) is 4.03. The van der Waals surface area contributed by atoms with Crippen molar-refractivity contribution < 1.29 is 9.13 Å². The van der Waals surface area contributed by atoms with Crippen LogP contribution in [0.2, 0.25) is 0 Å². The summed E-state index contributed by atoms with van der Waals surface area (Å²) < 4.78 is 19.7. The van der Waals surface area contributed by atoms with Gasteiger partial charge < -0.3 is 10.1 Å². The first kappa shape index (κ1) is 13.4. The molecule has 0 radical (unpaired) electrons. The molecule has 0 aliphatic heterocycles. The van der Waals surface area contributed by atoms with Crippen molar-refractivity contribution in [3.8, 4) is 11.8 Å². The largest absolute Gasteiger partial charge is 0.495 e. The molecule has 2 aromatic carbocycles. The summed E-state index contributed by atoms with van der Waals surface area (Å²) in [6.07, 6.45) is 0. The maximum atomic E-state index is 13.7. The number of nitrogens with zero attached hydrogens (tertiary/aromatic N) is 1. The van der Waals surface area contributed by atoms with Crippen LogP contribution in [0.25, 0.3) is 0 Å². The van der Waals surface area contributed by atoms with Gasteiger partial charge in [0.15, 0.2) is 0 Å². The molecule has 1 N–H and O–H groups in total. The second-order valence-corrected chi connectivity index (χ2v) is 4.64. The second kappa shape index (κ2) is 5.72. The highest BCUT2D eigenvalue weighted by Gasteiger charge is 2.06. The molecule has 3 nitrogen and oxygen atoms in total. The van der Waals surface area contributed by atoms with Crippen molar-refractivity contribution in [2.75, 3.05) is 12.4 Å². The predicted molar refractivity (Wildman–Crippen MR) is 75.1 cm³/mol. The lowest BCUT2D eigenvalue weighted by atomic mass is 10.2.